The average molecular weight is 683 g/mol. The summed E-state index contributed by atoms with van der Waals surface area (Å²) in [5, 5.41) is 11.2. The second kappa shape index (κ2) is 20.9. The Bertz CT molecular complexity index is 1370. The Morgan fingerprint density at radius 3 is 0.860 bits per heavy atom. The van der Waals surface area contributed by atoms with Crippen LogP contribution in [0.15, 0.2) is 121 Å². The van der Waals surface area contributed by atoms with Gasteiger partial charge in [0, 0.05) is 39.3 Å². The minimum atomic E-state index is -0.972. The molecule has 0 heterocycles. The molecule has 0 saturated heterocycles. The summed E-state index contributed by atoms with van der Waals surface area (Å²) in [4.78, 5) is 54.1. The van der Waals surface area contributed by atoms with E-state index in [0.717, 1.165) is 0 Å². The van der Waals surface area contributed by atoms with Crippen molar-refractivity contribution in [3.05, 3.63) is 121 Å². The molecular formula is C39H42N2O9. The third kappa shape index (κ3) is 14.8. The van der Waals surface area contributed by atoms with E-state index < -0.39 is 30.0 Å². The van der Waals surface area contributed by atoms with Crippen molar-refractivity contribution in [3.8, 4) is 23.0 Å². The Hall–Kier alpha value is -5.36. The predicted molar refractivity (Wildman–Crippen MR) is 186 cm³/mol. The fourth-order valence-corrected chi connectivity index (χ4v) is 4.92. The number of benzene rings is 4. The average Bonchev–Trinajstić information content (AvgIpc) is 3.12. The Morgan fingerprint density at radius 1 is 0.420 bits per heavy atom. The first kappa shape index (κ1) is 37.5. The largest absolute Gasteiger partial charge is 0.426 e. The lowest BCUT2D eigenvalue weighted by Gasteiger charge is -2.29. The van der Waals surface area contributed by atoms with Gasteiger partial charge >= 0.3 is 23.9 Å². The van der Waals surface area contributed by atoms with E-state index in [4.69, 9.17) is 18.9 Å². The molecule has 0 aliphatic rings. The van der Waals surface area contributed by atoms with Crippen LogP contribution in [-0.2, 0) is 19.2 Å². The second-order valence-electron chi connectivity index (χ2n) is 11.4. The first-order valence-electron chi connectivity index (χ1n) is 16.5. The molecule has 11 heteroatoms. The van der Waals surface area contributed by atoms with Gasteiger partial charge in [0.05, 0.1) is 31.8 Å². The highest BCUT2D eigenvalue weighted by molar-refractivity contribution is 5.74. The Morgan fingerprint density at radius 2 is 0.640 bits per heavy atom. The van der Waals surface area contributed by atoms with E-state index in [1.54, 1.807) is 107 Å². The number of aliphatic hydroxyl groups is 1. The lowest BCUT2D eigenvalue weighted by atomic mass is 10.2. The molecule has 50 heavy (non-hydrogen) atoms. The first-order chi connectivity index (χ1) is 24.3. The van der Waals surface area contributed by atoms with Crippen molar-refractivity contribution in [2.24, 2.45) is 0 Å². The number of esters is 4. The van der Waals surface area contributed by atoms with Crippen molar-refractivity contribution < 1.29 is 43.2 Å². The molecule has 4 rings (SSSR count). The zero-order chi connectivity index (χ0) is 35.4. The predicted octanol–water partition coefficient (Wildman–Crippen LogP) is 4.93. The number of para-hydroxylation sites is 4. The Kier molecular flexibility index (Phi) is 15.6. The molecule has 4 aromatic rings. The SMILES string of the molecule is O=C(CCN(CCC(=O)Oc1ccccc1)CC(O)CN(CCC(=O)Oc1ccccc1)CCC(=O)Oc1ccccc1)Oc1ccccc1. The van der Waals surface area contributed by atoms with Gasteiger partial charge in [-0.15, -0.1) is 0 Å². The molecular weight excluding hydrogens is 640 g/mol. The van der Waals surface area contributed by atoms with Crippen molar-refractivity contribution in [1.29, 1.82) is 0 Å². The van der Waals surface area contributed by atoms with E-state index in [-0.39, 0.29) is 65.0 Å². The molecule has 4 aromatic carbocycles. The first-order valence-corrected chi connectivity index (χ1v) is 16.5. The molecule has 1 N–H and O–H groups in total. The molecule has 0 spiro atoms. The summed E-state index contributed by atoms with van der Waals surface area (Å²) < 4.78 is 21.7. The van der Waals surface area contributed by atoms with E-state index in [0.29, 0.717) is 23.0 Å². The molecule has 0 saturated carbocycles. The van der Waals surface area contributed by atoms with Gasteiger partial charge in [0.15, 0.2) is 0 Å². The molecule has 262 valence electrons. The maximum atomic E-state index is 12.6. The van der Waals surface area contributed by atoms with Crippen LogP contribution >= 0.6 is 0 Å². The minimum Gasteiger partial charge on any atom is -0.426 e. The van der Waals surface area contributed by atoms with Gasteiger partial charge in [0.2, 0.25) is 0 Å². The quantitative estimate of drug-likeness (QED) is 0.101. The van der Waals surface area contributed by atoms with Gasteiger partial charge in [-0.3, -0.25) is 29.0 Å². The highest BCUT2D eigenvalue weighted by Crippen LogP contribution is 2.14. The molecule has 0 atom stereocenters. The Balaban J connectivity index is 1.36. The van der Waals surface area contributed by atoms with Crippen molar-refractivity contribution in [2.75, 3.05) is 39.3 Å². The van der Waals surface area contributed by atoms with Gasteiger partial charge in [-0.1, -0.05) is 72.8 Å². The molecule has 0 aliphatic carbocycles. The summed E-state index contributed by atoms with van der Waals surface area (Å²) in [5.74, 6) is -0.164. The molecule has 11 nitrogen and oxygen atoms in total. The van der Waals surface area contributed by atoms with Gasteiger partial charge < -0.3 is 24.1 Å². The standard InChI is InChI=1S/C39H42N2O9/c42-31(29-40(25-21-36(43)47-32-13-5-1-6-14-32)26-22-37(44)48-33-15-7-2-8-16-33)30-41(27-23-38(45)49-34-17-9-3-10-18-34)28-24-39(46)50-35-19-11-4-12-20-35/h1-20,31,42H,21-30H2. The minimum absolute atomic E-state index is 0.00964. The van der Waals surface area contributed by atoms with Crippen molar-refractivity contribution in [3.63, 3.8) is 0 Å². The van der Waals surface area contributed by atoms with Gasteiger partial charge in [0.1, 0.15) is 23.0 Å². The zero-order valence-electron chi connectivity index (χ0n) is 27.8. The summed E-state index contributed by atoms with van der Waals surface area (Å²) in [6.45, 7) is 0.998. The van der Waals surface area contributed by atoms with Crippen LogP contribution in [0.4, 0.5) is 0 Å². The highest BCUT2D eigenvalue weighted by atomic mass is 16.5. The number of hydrogen-bond donors (Lipinski definition) is 1. The number of hydrogen-bond acceptors (Lipinski definition) is 11. The van der Waals surface area contributed by atoms with Crippen LogP contribution in [0, 0.1) is 0 Å². The number of carbonyl (C=O) groups excluding carboxylic acids is 4. The summed E-state index contributed by atoms with van der Waals surface area (Å²) in [5.41, 5.74) is 0. The summed E-state index contributed by atoms with van der Waals surface area (Å²) in [7, 11) is 0. The van der Waals surface area contributed by atoms with Gasteiger partial charge in [-0.25, -0.2) is 0 Å². The van der Waals surface area contributed by atoms with Crippen LogP contribution in [-0.4, -0.2) is 84.2 Å². The fourth-order valence-electron chi connectivity index (χ4n) is 4.92. The van der Waals surface area contributed by atoms with Crippen LogP contribution in [0.1, 0.15) is 25.7 Å². The topological polar surface area (TPSA) is 132 Å². The van der Waals surface area contributed by atoms with Crippen LogP contribution in [0.2, 0.25) is 0 Å². The maximum absolute atomic E-state index is 12.6. The summed E-state index contributed by atoms with van der Waals surface area (Å²) in [6.07, 6.45) is -0.933. The van der Waals surface area contributed by atoms with Crippen LogP contribution in [0.3, 0.4) is 0 Å². The van der Waals surface area contributed by atoms with E-state index in [1.165, 1.54) is 0 Å². The highest BCUT2D eigenvalue weighted by Gasteiger charge is 2.21. The normalized spacial score (nSPS) is 11.0. The van der Waals surface area contributed by atoms with Gasteiger partial charge in [0.25, 0.3) is 0 Å². The molecule has 0 fully saturated rings. The monoisotopic (exact) mass is 682 g/mol. The van der Waals surface area contributed by atoms with E-state index >= 15 is 0 Å². The summed E-state index contributed by atoms with van der Waals surface area (Å²) in [6, 6.07) is 34.8. The van der Waals surface area contributed by atoms with E-state index in [9.17, 15) is 24.3 Å². The van der Waals surface area contributed by atoms with E-state index in [2.05, 4.69) is 0 Å². The van der Waals surface area contributed by atoms with Gasteiger partial charge in [-0.2, -0.15) is 0 Å². The van der Waals surface area contributed by atoms with Crippen molar-refractivity contribution >= 4 is 23.9 Å². The molecule has 0 aliphatic heterocycles. The van der Waals surface area contributed by atoms with Crippen LogP contribution < -0.4 is 18.9 Å². The third-order valence-corrected chi connectivity index (χ3v) is 7.37. The molecule has 0 amide bonds. The second-order valence-corrected chi connectivity index (χ2v) is 11.4. The summed E-state index contributed by atoms with van der Waals surface area (Å²) >= 11 is 0. The van der Waals surface area contributed by atoms with Crippen molar-refractivity contribution in [2.45, 2.75) is 31.8 Å². The number of rotatable bonds is 20. The van der Waals surface area contributed by atoms with Gasteiger partial charge in [-0.05, 0) is 48.5 Å². The molecule has 0 radical (unpaired) electrons. The smallest absolute Gasteiger partial charge is 0.312 e. The molecule has 0 unspecified atom stereocenters. The number of aliphatic hydroxyl groups excluding tert-OH is 1. The number of ether oxygens (including phenoxy) is 4. The number of carbonyl (C=O) groups is 4. The zero-order valence-corrected chi connectivity index (χ0v) is 27.8. The van der Waals surface area contributed by atoms with E-state index in [1.807, 2.05) is 24.3 Å². The number of nitrogens with zero attached hydrogens (tertiary/aromatic N) is 2. The van der Waals surface area contributed by atoms with Crippen LogP contribution in [0.5, 0.6) is 23.0 Å². The molecule has 0 aromatic heterocycles. The fraction of sp³-hybridized carbons (Fsp3) is 0.282. The maximum Gasteiger partial charge on any atom is 0.312 e. The molecule has 0 bridgehead atoms. The third-order valence-electron chi connectivity index (χ3n) is 7.37. The van der Waals surface area contributed by atoms with Crippen LogP contribution in [0.25, 0.3) is 0 Å². The van der Waals surface area contributed by atoms with Crippen molar-refractivity contribution in [1.82, 2.24) is 9.80 Å². The lowest BCUT2D eigenvalue weighted by Crippen LogP contribution is -2.43. The Labute approximate surface area is 291 Å². The lowest BCUT2D eigenvalue weighted by molar-refractivity contribution is -0.136.